The van der Waals surface area contributed by atoms with Crippen molar-refractivity contribution in [3.05, 3.63) is 29.6 Å². The second kappa shape index (κ2) is 5.21. The van der Waals surface area contributed by atoms with Gasteiger partial charge in [-0.25, -0.2) is 4.39 Å². The molecule has 0 amide bonds. The van der Waals surface area contributed by atoms with E-state index in [1.165, 1.54) is 38.2 Å². The van der Waals surface area contributed by atoms with E-state index in [0.717, 1.165) is 30.6 Å². The van der Waals surface area contributed by atoms with Crippen LogP contribution in [0.3, 0.4) is 0 Å². The smallest absolute Gasteiger partial charge is 0.126 e. The number of hydrogen-bond donors (Lipinski definition) is 0. The Morgan fingerprint density at radius 2 is 1.89 bits per heavy atom. The highest BCUT2D eigenvalue weighted by Crippen LogP contribution is 2.37. The number of hydrogen-bond acceptors (Lipinski definition) is 2. The number of fused-ring (bicyclic) bond motifs is 1. The van der Waals surface area contributed by atoms with Gasteiger partial charge < -0.3 is 4.90 Å². The Bertz CT molecular complexity index is 506. The summed E-state index contributed by atoms with van der Waals surface area (Å²) < 4.78 is 13.5. The molecular formula is C16H19FN2. The maximum atomic E-state index is 13.5. The van der Waals surface area contributed by atoms with Crippen LogP contribution in [0.2, 0.25) is 0 Å². The molecule has 0 radical (unpaired) electrons. The van der Waals surface area contributed by atoms with E-state index < -0.39 is 0 Å². The van der Waals surface area contributed by atoms with Crippen molar-refractivity contribution >= 4 is 5.69 Å². The van der Waals surface area contributed by atoms with Crippen molar-refractivity contribution in [1.29, 1.82) is 5.26 Å². The van der Waals surface area contributed by atoms with Gasteiger partial charge in [-0.05, 0) is 42.9 Å². The first-order valence-electron chi connectivity index (χ1n) is 7.22. The first kappa shape index (κ1) is 12.5. The van der Waals surface area contributed by atoms with Gasteiger partial charge in [0.15, 0.2) is 0 Å². The average Bonchev–Trinajstić information content (AvgIpc) is 2.46. The standard InChI is InChI=1S/C16H19FN2/c17-15-7-12(10-18)8-16(9-15)19-6-5-13-3-1-2-4-14(13)11-19/h7-9,13-14H,1-6,11H2. The van der Waals surface area contributed by atoms with E-state index in [4.69, 9.17) is 5.26 Å². The molecule has 2 atom stereocenters. The molecule has 1 aromatic rings. The molecule has 3 heteroatoms. The summed E-state index contributed by atoms with van der Waals surface area (Å²) >= 11 is 0. The van der Waals surface area contributed by atoms with Crippen molar-refractivity contribution in [2.24, 2.45) is 11.8 Å². The molecule has 2 fully saturated rings. The minimum absolute atomic E-state index is 0.306. The molecule has 100 valence electrons. The molecule has 1 aliphatic carbocycles. The molecule has 0 bridgehead atoms. The predicted octanol–water partition coefficient (Wildman–Crippen LogP) is 3.71. The highest BCUT2D eigenvalue weighted by molar-refractivity contribution is 5.52. The van der Waals surface area contributed by atoms with Gasteiger partial charge in [0.2, 0.25) is 0 Å². The van der Waals surface area contributed by atoms with Crippen LogP contribution >= 0.6 is 0 Å². The Hall–Kier alpha value is -1.56. The second-order valence-corrected chi connectivity index (χ2v) is 5.85. The summed E-state index contributed by atoms with van der Waals surface area (Å²) in [5.41, 5.74) is 1.29. The minimum Gasteiger partial charge on any atom is -0.371 e. The fraction of sp³-hybridized carbons (Fsp3) is 0.562. The minimum atomic E-state index is -0.306. The van der Waals surface area contributed by atoms with Crippen LogP contribution in [0.1, 0.15) is 37.7 Å². The third-order valence-electron chi connectivity index (χ3n) is 4.67. The van der Waals surface area contributed by atoms with E-state index in [-0.39, 0.29) is 5.82 Å². The summed E-state index contributed by atoms with van der Waals surface area (Å²) in [5.74, 6) is 1.32. The summed E-state index contributed by atoms with van der Waals surface area (Å²) in [6.45, 7) is 2.02. The third kappa shape index (κ3) is 2.58. The number of benzene rings is 1. The highest BCUT2D eigenvalue weighted by atomic mass is 19.1. The lowest BCUT2D eigenvalue weighted by Gasteiger charge is -2.42. The molecule has 1 saturated carbocycles. The van der Waals surface area contributed by atoms with E-state index in [1.54, 1.807) is 6.07 Å². The summed E-state index contributed by atoms with van der Waals surface area (Å²) in [6.07, 6.45) is 6.59. The molecule has 2 unspecified atom stereocenters. The highest BCUT2D eigenvalue weighted by Gasteiger charge is 2.31. The number of piperidine rings is 1. The first-order chi connectivity index (χ1) is 9.26. The van der Waals surface area contributed by atoms with Crippen LogP contribution in [0, 0.1) is 29.0 Å². The Kier molecular flexibility index (Phi) is 3.42. The van der Waals surface area contributed by atoms with Crippen LogP contribution < -0.4 is 4.90 Å². The summed E-state index contributed by atoms with van der Waals surface area (Å²) in [5, 5.41) is 8.94. The lowest BCUT2D eigenvalue weighted by Crippen LogP contribution is -2.41. The van der Waals surface area contributed by atoms with Gasteiger partial charge in [0.25, 0.3) is 0 Å². The van der Waals surface area contributed by atoms with Crippen LogP contribution in [-0.2, 0) is 0 Å². The Morgan fingerprint density at radius 3 is 2.68 bits per heavy atom. The van der Waals surface area contributed by atoms with Gasteiger partial charge in [-0.15, -0.1) is 0 Å². The van der Waals surface area contributed by atoms with Gasteiger partial charge in [0.05, 0.1) is 11.6 Å². The Labute approximate surface area is 113 Å². The molecule has 1 heterocycles. The number of rotatable bonds is 1. The lowest BCUT2D eigenvalue weighted by molar-refractivity contribution is 0.202. The molecule has 2 aliphatic rings. The van der Waals surface area contributed by atoms with Crippen molar-refractivity contribution in [3.8, 4) is 6.07 Å². The maximum absolute atomic E-state index is 13.5. The van der Waals surface area contributed by atoms with Crippen LogP contribution in [0.25, 0.3) is 0 Å². The van der Waals surface area contributed by atoms with E-state index in [1.807, 2.05) is 12.1 Å². The summed E-state index contributed by atoms with van der Waals surface area (Å²) in [4.78, 5) is 2.26. The number of nitriles is 1. The Balaban J connectivity index is 1.79. The van der Waals surface area contributed by atoms with Gasteiger partial charge in [-0.2, -0.15) is 5.26 Å². The number of halogens is 1. The van der Waals surface area contributed by atoms with Crippen LogP contribution in [-0.4, -0.2) is 13.1 Å². The van der Waals surface area contributed by atoms with Crippen molar-refractivity contribution in [2.75, 3.05) is 18.0 Å². The zero-order valence-electron chi connectivity index (χ0n) is 11.1. The molecule has 3 rings (SSSR count). The molecule has 0 spiro atoms. The molecule has 19 heavy (non-hydrogen) atoms. The van der Waals surface area contributed by atoms with Crippen LogP contribution in [0.15, 0.2) is 18.2 Å². The molecule has 0 aromatic heterocycles. The third-order valence-corrected chi connectivity index (χ3v) is 4.67. The second-order valence-electron chi connectivity index (χ2n) is 5.85. The molecule has 1 saturated heterocycles. The van der Waals surface area contributed by atoms with Gasteiger partial charge in [0.1, 0.15) is 5.82 Å². The monoisotopic (exact) mass is 258 g/mol. The number of nitrogens with zero attached hydrogens (tertiary/aromatic N) is 2. The molecule has 1 aromatic carbocycles. The van der Waals surface area contributed by atoms with Gasteiger partial charge in [-0.1, -0.05) is 19.3 Å². The first-order valence-corrected chi connectivity index (χ1v) is 7.22. The van der Waals surface area contributed by atoms with Gasteiger partial charge in [0, 0.05) is 18.8 Å². The van der Waals surface area contributed by atoms with E-state index >= 15 is 0 Å². The molecule has 1 aliphatic heterocycles. The lowest BCUT2D eigenvalue weighted by atomic mass is 9.75. The van der Waals surface area contributed by atoms with E-state index in [2.05, 4.69) is 4.90 Å². The molecular weight excluding hydrogens is 239 g/mol. The SMILES string of the molecule is N#Cc1cc(F)cc(N2CCC3CCCCC3C2)c1. The predicted molar refractivity (Wildman–Crippen MR) is 73.4 cm³/mol. The van der Waals surface area contributed by atoms with Crippen molar-refractivity contribution < 1.29 is 4.39 Å². The van der Waals surface area contributed by atoms with Gasteiger partial charge in [-0.3, -0.25) is 0 Å². The van der Waals surface area contributed by atoms with E-state index in [0.29, 0.717) is 5.56 Å². The zero-order chi connectivity index (χ0) is 13.2. The van der Waals surface area contributed by atoms with Crippen LogP contribution in [0.4, 0.5) is 10.1 Å². The fourth-order valence-electron chi connectivity index (χ4n) is 3.66. The summed E-state index contributed by atoms with van der Waals surface area (Å²) in [6, 6.07) is 6.71. The largest absolute Gasteiger partial charge is 0.371 e. The average molecular weight is 258 g/mol. The Morgan fingerprint density at radius 1 is 1.11 bits per heavy atom. The topological polar surface area (TPSA) is 27.0 Å². The number of anilines is 1. The summed E-state index contributed by atoms with van der Waals surface area (Å²) in [7, 11) is 0. The molecule has 2 nitrogen and oxygen atoms in total. The zero-order valence-corrected chi connectivity index (χ0v) is 11.1. The molecule has 0 N–H and O–H groups in total. The maximum Gasteiger partial charge on any atom is 0.126 e. The van der Waals surface area contributed by atoms with Gasteiger partial charge >= 0.3 is 0 Å². The van der Waals surface area contributed by atoms with Crippen molar-refractivity contribution in [2.45, 2.75) is 32.1 Å². The van der Waals surface area contributed by atoms with E-state index in [9.17, 15) is 4.39 Å². The quantitative estimate of drug-likeness (QED) is 0.767. The van der Waals surface area contributed by atoms with Crippen molar-refractivity contribution in [3.63, 3.8) is 0 Å². The van der Waals surface area contributed by atoms with Crippen LogP contribution in [0.5, 0.6) is 0 Å². The van der Waals surface area contributed by atoms with Crippen molar-refractivity contribution in [1.82, 2.24) is 0 Å². The fourth-order valence-corrected chi connectivity index (χ4v) is 3.66. The normalized spacial score (nSPS) is 26.6.